The van der Waals surface area contributed by atoms with Crippen LogP contribution in [0.15, 0.2) is 54.6 Å². The molecule has 3 N–H and O–H groups in total. The minimum Gasteiger partial charge on any atom is -0.497 e. The zero-order valence-corrected chi connectivity index (χ0v) is 16.2. The highest BCUT2D eigenvalue weighted by molar-refractivity contribution is 6.34. The monoisotopic (exact) mass is 380 g/mol. The van der Waals surface area contributed by atoms with Crippen molar-refractivity contribution in [3.63, 3.8) is 0 Å². The molecule has 0 amide bonds. The smallest absolute Gasteiger partial charge is 0.193 e. The summed E-state index contributed by atoms with van der Waals surface area (Å²) in [5.41, 5.74) is 11.0. The Bertz CT molecular complexity index is 992. The standard InChI is InChI=1S/C22H21ClN2O2/c1-13-10-16(27-3)11-14(2)21(13)22(26)15-8-9-19(17(23)12-15)25-20-7-5-4-6-18(20)24/h4-12,25H,24H2,1-3H3. The molecule has 0 aliphatic carbocycles. The van der Waals surface area contributed by atoms with Gasteiger partial charge in [-0.3, -0.25) is 4.79 Å². The van der Waals surface area contributed by atoms with Gasteiger partial charge in [-0.05, 0) is 67.4 Å². The van der Waals surface area contributed by atoms with Crippen LogP contribution in [0.3, 0.4) is 0 Å². The van der Waals surface area contributed by atoms with Gasteiger partial charge >= 0.3 is 0 Å². The van der Waals surface area contributed by atoms with Crippen molar-refractivity contribution >= 4 is 34.4 Å². The van der Waals surface area contributed by atoms with Crippen molar-refractivity contribution in [1.82, 2.24) is 0 Å². The molecule has 0 aliphatic rings. The first kappa shape index (κ1) is 18.8. The van der Waals surface area contributed by atoms with Gasteiger partial charge in [-0.1, -0.05) is 23.7 Å². The number of carbonyl (C=O) groups excluding carboxylic acids is 1. The molecular formula is C22H21ClN2O2. The van der Waals surface area contributed by atoms with Crippen LogP contribution < -0.4 is 15.8 Å². The molecule has 138 valence electrons. The molecule has 0 unspecified atom stereocenters. The van der Waals surface area contributed by atoms with E-state index in [9.17, 15) is 4.79 Å². The number of rotatable bonds is 5. The molecule has 0 atom stereocenters. The van der Waals surface area contributed by atoms with Crippen molar-refractivity contribution in [2.75, 3.05) is 18.2 Å². The molecule has 5 heteroatoms. The molecule has 0 aromatic heterocycles. The lowest BCUT2D eigenvalue weighted by atomic mass is 9.94. The van der Waals surface area contributed by atoms with E-state index in [1.54, 1.807) is 25.3 Å². The van der Waals surface area contributed by atoms with E-state index in [2.05, 4.69) is 5.32 Å². The van der Waals surface area contributed by atoms with Crippen LogP contribution >= 0.6 is 11.6 Å². The number of para-hydroxylation sites is 2. The third-order valence-corrected chi connectivity index (χ3v) is 4.74. The van der Waals surface area contributed by atoms with E-state index in [0.717, 1.165) is 22.6 Å². The minimum absolute atomic E-state index is 0.0691. The first-order chi connectivity index (χ1) is 12.9. The summed E-state index contributed by atoms with van der Waals surface area (Å²) < 4.78 is 5.27. The lowest BCUT2D eigenvalue weighted by Crippen LogP contribution is -2.07. The van der Waals surface area contributed by atoms with Crippen LogP contribution in [0.5, 0.6) is 5.75 Å². The summed E-state index contributed by atoms with van der Waals surface area (Å²) in [5, 5.41) is 3.65. The van der Waals surface area contributed by atoms with Gasteiger partial charge in [0.05, 0.1) is 29.2 Å². The van der Waals surface area contributed by atoms with Gasteiger partial charge < -0.3 is 15.8 Å². The highest BCUT2D eigenvalue weighted by Gasteiger charge is 2.17. The Morgan fingerprint density at radius 3 is 2.26 bits per heavy atom. The Balaban J connectivity index is 1.92. The highest BCUT2D eigenvalue weighted by atomic mass is 35.5. The number of halogens is 1. The maximum atomic E-state index is 13.0. The average molecular weight is 381 g/mol. The minimum atomic E-state index is -0.0691. The number of aryl methyl sites for hydroxylation is 2. The maximum Gasteiger partial charge on any atom is 0.193 e. The Morgan fingerprint density at radius 1 is 1.00 bits per heavy atom. The molecule has 27 heavy (non-hydrogen) atoms. The molecule has 3 rings (SSSR count). The van der Waals surface area contributed by atoms with Crippen LogP contribution in [0, 0.1) is 13.8 Å². The fourth-order valence-electron chi connectivity index (χ4n) is 3.06. The van der Waals surface area contributed by atoms with Gasteiger partial charge in [0.2, 0.25) is 0 Å². The zero-order chi connectivity index (χ0) is 19.6. The van der Waals surface area contributed by atoms with Crippen LogP contribution in [0.2, 0.25) is 5.02 Å². The van der Waals surface area contributed by atoms with Crippen molar-refractivity contribution in [2.24, 2.45) is 0 Å². The summed E-state index contributed by atoms with van der Waals surface area (Å²) in [5.74, 6) is 0.667. The SMILES string of the molecule is COc1cc(C)c(C(=O)c2ccc(Nc3ccccc3N)c(Cl)c2)c(C)c1. The van der Waals surface area contributed by atoms with E-state index in [0.29, 0.717) is 27.5 Å². The number of carbonyl (C=O) groups is 1. The number of methoxy groups -OCH3 is 1. The number of benzene rings is 3. The van der Waals surface area contributed by atoms with Gasteiger partial charge in [-0.2, -0.15) is 0 Å². The largest absolute Gasteiger partial charge is 0.497 e. The quantitative estimate of drug-likeness (QED) is 0.451. The first-order valence-corrected chi connectivity index (χ1v) is 8.89. The summed E-state index contributed by atoms with van der Waals surface area (Å²) in [7, 11) is 1.61. The Labute approximate surface area is 163 Å². The predicted molar refractivity (Wildman–Crippen MR) is 111 cm³/mol. The van der Waals surface area contributed by atoms with Gasteiger partial charge in [0.25, 0.3) is 0 Å². The summed E-state index contributed by atoms with van der Waals surface area (Å²) in [6.07, 6.45) is 0. The highest BCUT2D eigenvalue weighted by Crippen LogP contribution is 2.31. The number of nitrogen functional groups attached to an aromatic ring is 1. The molecule has 0 heterocycles. The van der Waals surface area contributed by atoms with Gasteiger partial charge in [0.15, 0.2) is 5.78 Å². The summed E-state index contributed by atoms with van der Waals surface area (Å²) in [6, 6.07) is 16.4. The van der Waals surface area contributed by atoms with Crippen LogP contribution in [-0.2, 0) is 0 Å². The van der Waals surface area contributed by atoms with E-state index in [1.165, 1.54) is 0 Å². The van der Waals surface area contributed by atoms with Crippen molar-refractivity contribution in [3.8, 4) is 5.75 Å². The molecule has 0 fully saturated rings. The summed E-state index contributed by atoms with van der Waals surface area (Å²) in [6.45, 7) is 3.80. The number of ether oxygens (including phenoxy) is 1. The molecule has 3 aromatic rings. The molecule has 0 saturated carbocycles. The summed E-state index contributed by atoms with van der Waals surface area (Å²) >= 11 is 6.41. The van der Waals surface area contributed by atoms with Gasteiger partial charge in [0, 0.05) is 11.1 Å². The molecule has 0 saturated heterocycles. The lowest BCUT2D eigenvalue weighted by Gasteiger charge is -2.14. The van der Waals surface area contributed by atoms with Crippen molar-refractivity contribution in [2.45, 2.75) is 13.8 Å². The molecule has 0 bridgehead atoms. The normalized spacial score (nSPS) is 10.5. The number of anilines is 3. The van der Waals surface area contributed by atoms with E-state index >= 15 is 0 Å². The molecule has 0 radical (unpaired) electrons. The molecule has 0 aliphatic heterocycles. The first-order valence-electron chi connectivity index (χ1n) is 8.51. The third kappa shape index (κ3) is 3.91. The van der Waals surface area contributed by atoms with Crippen molar-refractivity contribution in [1.29, 1.82) is 0 Å². The van der Waals surface area contributed by atoms with Gasteiger partial charge in [-0.25, -0.2) is 0 Å². The van der Waals surface area contributed by atoms with Crippen LogP contribution in [0.25, 0.3) is 0 Å². The number of nitrogens with one attached hydrogen (secondary N) is 1. The van der Waals surface area contributed by atoms with E-state index < -0.39 is 0 Å². The Hall–Kier alpha value is -2.98. The number of ketones is 1. The fraction of sp³-hybridized carbons (Fsp3) is 0.136. The number of hydrogen-bond acceptors (Lipinski definition) is 4. The second-order valence-corrected chi connectivity index (χ2v) is 6.78. The number of nitrogens with two attached hydrogens (primary N) is 1. The van der Waals surface area contributed by atoms with E-state index in [-0.39, 0.29) is 5.78 Å². The van der Waals surface area contributed by atoms with E-state index in [1.807, 2.05) is 50.2 Å². The Morgan fingerprint density at radius 2 is 1.67 bits per heavy atom. The maximum absolute atomic E-state index is 13.0. The molecule has 0 spiro atoms. The number of hydrogen-bond donors (Lipinski definition) is 2. The topological polar surface area (TPSA) is 64.3 Å². The average Bonchev–Trinajstić information content (AvgIpc) is 2.64. The van der Waals surface area contributed by atoms with Crippen LogP contribution in [0.4, 0.5) is 17.1 Å². The van der Waals surface area contributed by atoms with Gasteiger partial charge in [-0.15, -0.1) is 0 Å². The zero-order valence-electron chi connectivity index (χ0n) is 15.5. The van der Waals surface area contributed by atoms with Crippen molar-refractivity contribution in [3.05, 3.63) is 81.9 Å². The second-order valence-electron chi connectivity index (χ2n) is 6.37. The molecular weight excluding hydrogens is 360 g/mol. The van der Waals surface area contributed by atoms with Gasteiger partial charge in [0.1, 0.15) is 5.75 Å². The fourth-order valence-corrected chi connectivity index (χ4v) is 3.29. The predicted octanol–water partition coefficient (Wildman–Crippen LogP) is 5.52. The molecule has 4 nitrogen and oxygen atoms in total. The summed E-state index contributed by atoms with van der Waals surface area (Å²) in [4.78, 5) is 13.0. The second kappa shape index (κ2) is 7.72. The Kier molecular flexibility index (Phi) is 5.38. The molecule has 3 aromatic carbocycles. The van der Waals surface area contributed by atoms with Crippen LogP contribution in [-0.4, -0.2) is 12.9 Å². The third-order valence-electron chi connectivity index (χ3n) is 4.43. The van der Waals surface area contributed by atoms with Crippen molar-refractivity contribution < 1.29 is 9.53 Å². The lowest BCUT2D eigenvalue weighted by molar-refractivity contribution is 0.103. The van der Waals surface area contributed by atoms with Crippen LogP contribution in [0.1, 0.15) is 27.0 Å². The van der Waals surface area contributed by atoms with E-state index in [4.69, 9.17) is 22.1 Å².